The van der Waals surface area contributed by atoms with Crippen LogP contribution in [0.5, 0.6) is 5.75 Å². The summed E-state index contributed by atoms with van der Waals surface area (Å²) < 4.78 is 33.4. The first-order valence-electron chi connectivity index (χ1n) is 10.0. The monoisotopic (exact) mass is 438 g/mol. The molecule has 0 saturated carbocycles. The van der Waals surface area contributed by atoms with Crippen molar-refractivity contribution in [2.45, 2.75) is 37.7 Å². The van der Waals surface area contributed by atoms with Crippen molar-refractivity contribution >= 4 is 27.3 Å². The summed E-state index contributed by atoms with van der Waals surface area (Å²) in [6, 6.07) is 22.3. The van der Waals surface area contributed by atoms with E-state index >= 15 is 0 Å². The zero-order chi connectivity index (χ0) is 22.4. The van der Waals surface area contributed by atoms with E-state index in [0.717, 1.165) is 5.56 Å². The fraction of sp³-hybridized carbons (Fsp3) is 0.208. The summed E-state index contributed by atoms with van der Waals surface area (Å²) in [6.45, 7) is 5.80. The Kier molecular flexibility index (Phi) is 6.97. The van der Waals surface area contributed by atoms with E-state index in [4.69, 9.17) is 4.74 Å². The minimum absolute atomic E-state index is 0.101. The third-order valence-electron chi connectivity index (χ3n) is 4.67. The molecule has 0 unspecified atom stereocenters. The number of benzene rings is 3. The van der Waals surface area contributed by atoms with E-state index in [-0.39, 0.29) is 16.7 Å². The number of anilines is 2. The van der Waals surface area contributed by atoms with Crippen molar-refractivity contribution < 1.29 is 17.9 Å². The molecule has 0 spiro atoms. The van der Waals surface area contributed by atoms with Crippen LogP contribution in [0.2, 0.25) is 0 Å². The number of ether oxygens (including phenoxy) is 1. The van der Waals surface area contributed by atoms with Crippen molar-refractivity contribution in [1.29, 1.82) is 0 Å². The summed E-state index contributed by atoms with van der Waals surface area (Å²) in [6.07, 6.45) is -0.719. The lowest BCUT2D eigenvalue weighted by Crippen LogP contribution is -2.30. The summed E-state index contributed by atoms with van der Waals surface area (Å²) in [5.74, 6) is 0.621. The molecule has 3 rings (SSSR count). The first-order valence-corrected chi connectivity index (χ1v) is 11.5. The van der Waals surface area contributed by atoms with Gasteiger partial charge in [-0.15, -0.1) is 0 Å². The quantitative estimate of drug-likeness (QED) is 0.517. The Bertz CT molecular complexity index is 1130. The zero-order valence-electron chi connectivity index (χ0n) is 17.7. The molecule has 31 heavy (non-hydrogen) atoms. The lowest BCUT2D eigenvalue weighted by molar-refractivity contribution is -0.122. The van der Waals surface area contributed by atoms with Crippen molar-refractivity contribution in [3.63, 3.8) is 0 Å². The predicted molar refractivity (Wildman–Crippen MR) is 123 cm³/mol. The van der Waals surface area contributed by atoms with Crippen LogP contribution in [0.4, 0.5) is 11.4 Å². The highest BCUT2D eigenvalue weighted by Gasteiger charge is 2.18. The highest BCUT2D eigenvalue weighted by Crippen LogP contribution is 2.27. The van der Waals surface area contributed by atoms with Gasteiger partial charge in [0.15, 0.2) is 6.10 Å². The Labute approximate surface area is 183 Å². The Morgan fingerprint density at radius 3 is 2.06 bits per heavy atom. The lowest BCUT2D eigenvalue weighted by Gasteiger charge is -2.18. The van der Waals surface area contributed by atoms with Crippen molar-refractivity contribution in [1.82, 2.24) is 0 Å². The molecule has 7 heteroatoms. The molecule has 1 amide bonds. The van der Waals surface area contributed by atoms with Gasteiger partial charge in [-0.1, -0.05) is 50.2 Å². The van der Waals surface area contributed by atoms with E-state index in [1.54, 1.807) is 49.4 Å². The van der Waals surface area contributed by atoms with Crippen molar-refractivity contribution in [3.8, 4) is 5.75 Å². The summed E-state index contributed by atoms with van der Waals surface area (Å²) in [5.41, 5.74) is 1.99. The highest BCUT2D eigenvalue weighted by molar-refractivity contribution is 7.92. The maximum absolute atomic E-state index is 12.6. The molecule has 0 aromatic heterocycles. The summed E-state index contributed by atoms with van der Waals surface area (Å²) in [7, 11) is -3.72. The summed E-state index contributed by atoms with van der Waals surface area (Å²) in [5, 5.41) is 2.76. The van der Waals surface area contributed by atoms with Crippen LogP contribution in [0, 0.1) is 0 Å². The number of rotatable bonds is 8. The van der Waals surface area contributed by atoms with E-state index in [2.05, 4.69) is 23.9 Å². The molecule has 0 aliphatic carbocycles. The van der Waals surface area contributed by atoms with Crippen LogP contribution < -0.4 is 14.8 Å². The molecule has 0 saturated heterocycles. The standard InChI is InChI=1S/C24H26N2O4S/c1-17(2)22-11-7-8-12-23(22)30-18(3)24(27)25-19-13-15-21(16-14-19)31(28,29)26-20-9-5-4-6-10-20/h4-18,26H,1-3H3,(H,25,27)/t18-/m0/s1. The number of amides is 1. The fourth-order valence-corrected chi connectivity index (χ4v) is 4.05. The molecule has 0 heterocycles. The van der Waals surface area contributed by atoms with Crippen LogP contribution in [-0.4, -0.2) is 20.4 Å². The Balaban J connectivity index is 1.65. The molecule has 0 radical (unpaired) electrons. The van der Waals surface area contributed by atoms with Gasteiger partial charge in [-0.3, -0.25) is 9.52 Å². The van der Waals surface area contributed by atoms with E-state index in [1.807, 2.05) is 24.3 Å². The molecule has 0 aliphatic rings. The van der Waals surface area contributed by atoms with Crippen LogP contribution >= 0.6 is 0 Å². The molecule has 3 aromatic rings. The van der Waals surface area contributed by atoms with Gasteiger partial charge in [-0.25, -0.2) is 8.42 Å². The first-order chi connectivity index (χ1) is 14.8. The van der Waals surface area contributed by atoms with Crippen LogP contribution in [0.3, 0.4) is 0 Å². The highest BCUT2D eigenvalue weighted by atomic mass is 32.2. The molecule has 6 nitrogen and oxygen atoms in total. The molecule has 3 aromatic carbocycles. The maximum Gasteiger partial charge on any atom is 0.265 e. The Hall–Kier alpha value is -3.32. The van der Waals surface area contributed by atoms with Gasteiger partial charge in [0.05, 0.1) is 4.90 Å². The van der Waals surface area contributed by atoms with Gasteiger partial charge < -0.3 is 10.1 Å². The average Bonchev–Trinajstić information content (AvgIpc) is 2.74. The van der Waals surface area contributed by atoms with Gasteiger partial charge in [-0.2, -0.15) is 0 Å². The van der Waals surface area contributed by atoms with Gasteiger partial charge in [0.1, 0.15) is 5.75 Å². The van der Waals surface area contributed by atoms with E-state index in [9.17, 15) is 13.2 Å². The van der Waals surface area contributed by atoms with Crippen LogP contribution in [0.25, 0.3) is 0 Å². The SMILES string of the molecule is CC(C)c1ccccc1O[C@@H](C)C(=O)Nc1ccc(S(=O)(=O)Nc2ccccc2)cc1. The van der Waals surface area contributed by atoms with Gasteiger partial charge in [-0.05, 0) is 60.9 Å². The second-order valence-electron chi connectivity index (χ2n) is 7.44. The second kappa shape index (κ2) is 9.66. The van der Waals surface area contributed by atoms with Crippen LogP contribution in [0.1, 0.15) is 32.3 Å². The smallest absolute Gasteiger partial charge is 0.265 e. The topological polar surface area (TPSA) is 84.5 Å². The van der Waals surface area contributed by atoms with E-state index in [1.165, 1.54) is 12.1 Å². The normalized spacial score (nSPS) is 12.3. The van der Waals surface area contributed by atoms with Crippen LogP contribution in [-0.2, 0) is 14.8 Å². The molecule has 2 N–H and O–H groups in total. The van der Waals surface area contributed by atoms with Gasteiger partial charge >= 0.3 is 0 Å². The zero-order valence-corrected chi connectivity index (χ0v) is 18.5. The van der Waals surface area contributed by atoms with Gasteiger partial charge in [0.2, 0.25) is 0 Å². The molecule has 0 aliphatic heterocycles. The number of carbonyl (C=O) groups is 1. The van der Waals surface area contributed by atoms with Crippen LogP contribution in [0.15, 0.2) is 83.8 Å². The van der Waals surface area contributed by atoms with Gasteiger partial charge in [0, 0.05) is 11.4 Å². The minimum Gasteiger partial charge on any atom is -0.481 e. The largest absolute Gasteiger partial charge is 0.481 e. The second-order valence-corrected chi connectivity index (χ2v) is 9.12. The molecule has 1 atom stereocenters. The first kappa shape index (κ1) is 22.4. The Morgan fingerprint density at radius 1 is 0.806 bits per heavy atom. The maximum atomic E-state index is 12.6. The number of hydrogen-bond donors (Lipinski definition) is 2. The third kappa shape index (κ3) is 5.86. The molecule has 0 fully saturated rings. The summed E-state index contributed by atoms with van der Waals surface area (Å²) >= 11 is 0. The fourth-order valence-electron chi connectivity index (χ4n) is 2.99. The number of carbonyl (C=O) groups excluding carboxylic acids is 1. The van der Waals surface area contributed by atoms with E-state index < -0.39 is 16.1 Å². The average molecular weight is 439 g/mol. The molecule has 0 bridgehead atoms. The number of hydrogen-bond acceptors (Lipinski definition) is 4. The third-order valence-corrected chi connectivity index (χ3v) is 6.07. The molecular formula is C24H26N2O4S. The molecular weight excluding hydrogens is 412 g/mol. The van der Waals surface area contributed by atoms with Gasteiger partial charge in [0.25, 0.3) is 15.9 Å². The van der Waals surface area contributed by atoms with E-state index in [0.29, 0.717) is 17.1 Å². The van der Waals surface area contributed by atoms with Crippen molar-refractivity contribution in [3.05, 3.63) is 84.4 Å². The Morgan fingerprint density at radius 2 is 1.42 bits per heavy atom. The lowest BCUT2D eigenvalue weighted by atomic mass is 10.0. The number of sulfonamides is 1. The van der Waals surface area contributed by atoms with Crippen molar-refractivity contribution in [2.75, 3.05) is 10.0 Å². The predicted octanol–water partition coefficient (Wildman–Crippen LogP) is 5.02. The van der Waals surface area contributed by atoms with Crippen molar-refractivity contribution in [2.24, 2.45) is 0 Å². The minimum atomic E-state index is -3.72. The molecule has 162 valence electrons. The number of nitrogens with one attached hydrogen (secondary N) is 2. The number of para-hydroxylation sites is 2. The summed E-state index contributed by atoms with van der Waals surface area (Å²) in [4.78, 5) is 12.7.